The average molecular weight is 308 g/mol. The minimum Gasteiger partial charge on any atom is -0.376 e. The molecule has 2 heterocycles. The quantitative estimate of drug-likeness (QED) is 0.759. The summed E-state index contributed by atoms with van der Waals surface area (Å²) in [5.41, 5.74) is 0. The summed E-state index contributed by atoms with van der Waals surface area (Å²) in [7, 11) is -3.46. The van der Waals surface area contributed by atoms with Crippen LogP contribution in [0.25, 0.3) is 0 Å². The first kappa shape index (κ1) is 14.8. The Balaban J connectivity index is 2.12. The van der Waals surface area contributed by atoms with Crippen LogP contribution in [-0.2, 0) is 21.3 Å². The van der Waals surface area contributed by atoms with Crippen LogP contribution in [0.4, 0.5) is 0 Å². The molecule has 0 N–H and O–H groups in total. The van der Waals surface area contributed by atoms with E-state index in [2.05, 4.69) is 5.10 Å². The second-order valence-corrected chi connectivity index (χ2v) is 6.84. The predicted octanol–water partition coefficient (Wildman–Crippen LogP) is 0.921. The van der Waals surface area contributed by atoms with Crippen molar-refractivity contribution in [2.45, 2.75) is 30.9 Å². The molecular weight excluding hydrogens is 290 g/mol. The molecule has 1 saturated heterocycles. The summed E-state index contributed by atoms with van der Waals surface area (Å²) < 4.78 is 33.2. The number of nitrogens with zero attached hydrogens (tertiary/aromatic N) is 3. The van der Waals surface area contributed by atoms with E-state index in [1.54, 1.807) is 10.9 Å². The molecule has 2 rings (SSSR count). The number of sulfonamides is 1. The monoisotopic (exact) mass is 307 g/mol. The Morgan fingerprint density at radius 1 is 1.58 bits per heavy atom. The van der Waals surface area contributed by atoms with Crippen molar-refractivity contribution in [1.29, 1.82) is 0 Å². The fourth-order valence-electron chi connectivity index (χ4n) is 1.98. The highest BCUT2D eigenvalue weighted by Gasteiger charge is 2.30. The molecule has 0 amide bonds. The smallest absolute Gasteiger partial charge is 0.246 e. The maximum atomic E-state index is 12.4. The molecule has 0 aromatic carbocycles. The lowest BCUT2D eigenvalue weighted by Crippen LogP contribution is -2.44. The molecule has 19 heavy (non-hydrogen) atoms. The molecule has 0 radical (unpaired) electrons. The highest BCUT2D eigenvalue weighted by molar-refractivity contribution is 7.89. The van der Waals surface area contributed by atoms with Crippen LogP contribution in [0, 0.1) is 0 Å². The third-order valence-corrected chi connectivity index (χ3v) is 5.06. The van der Waals surface area contributed by atoms with Gasteiger partial charge in [-0.25, -0.2) is 8.42 Å². The molecule has 0 aliphatic carbocycles. The zero-order valence-corrected chi connectivity index (χ0v) is 12.4. The lowest BCUT2D eigenvalue weighted by molar-refractivity contribution is 0.0102. The minimum absolute atomic E-state index is 0.0742. The van der Waals surface area contributed by atoms with Gasteiger partial charge in [0.1, 0.15) is 4.90 Å². The van der Waals surface area contributed by atoms with E-state index in [9.17, 15) is 8.42 Å². The lowest BCUT2D eigenvalue weighted by atomic mass is 10.3. The Labute approximate surface area is 118 Å². The Morgan fingerprint density at radius 2 is 2.37 bits per heavy atom. The molecular formula is C11H18ClN3O3S. The van der Waals surface area contributed by atoms with Gasteiger partial charge in [-0.15, -0.1) is 11.6 Å². The molecule has 108 valence electrons. The van der Waals surface area contributed by atoms with Crippen molar-refractivity contribution < 1.29 is 13.2 Å². The first-order valence-corrected chi connectivity index (χ1v) is 8.21. The largest absolute Gasteiger partial charge is 0.376 e. The molecule has 1 aromatic heterocycles. The SMILES string of the molecule is CC1CN(S(=O)(=O)c2cnn(CCCCl)c2)CCO1. The number of halogens is 1. The number of aryl methyl sites for hydroxylation is 1. The van der Waals surface area contributed by atoms with Crippen LogP contribution in [0.1, 0.15) is 13.3 Å². The second kappa shape index (κ2) is 6.21. The number of hydrogen-bond donors (Lipinski definition) is 0. The number of hydrogen-bond acceptors (Lipinski definition) is 4. The van der Waals surface area contributed by atoms with Gasteiger partial charge < -0.3 is 4.74 Å². The van der Waals surface area contributed by atoms with Gasteiger partial charge in [-0.1, -0.05) is 0 Å². The van der Waals surface area contributed by atoms with Gasteiger partial charge in [0.2, 0.25) is 10.0 Å². The van der Waals surface area contributed by atoms with Crippen molar-refractivity contribution in [1.82, 2.24) is 14.1 Å². The van der Waals surface area contributed by atoms with E-state index in [1.165, 1.54) is 10.5 Å². The summed E-state index contributed by atoms with van der Waals surface area (Å²) in [6.07, 6.45) is 3.64. The van der Waals surface area contributed by atoms with Gasteiger partial charge in [0.25, 0.3) is 0 Å². The molecule has 6 nitrogen and oxygen atoms in total. The first-order chi connectivity index (χ1) is 9.04. The van der Waals surface area contributed by atoms with Crippen LogP contribution in [0.5, 0.6) is 0 Å². The summed E-state index contributed by atoms with van der Waals surface area (Å²) in [4.78, 5) is 0.233. The van der Waals surface area contributed by atoms with Crippen molar-refractivity contribution in [3.63, 3.8) is 0 Å². The number of alkyl halides is 1. The lowest BCUT2D eigenvalue weighted by Gasteiger charge is -2.29. The van der Waals surface area contributed by atoms with Crippen LogP contribution in [0.3, 0.4) is 0 Å². The van der Waals surface area contributed by atoms with Crippen LogP contribution < -0.4 is 0 Å². The third kappa shape index (κ3) is 3.47. The van der Waals surface area contributed by atoms with Gasteiger partial charge in [-0.3, -0.25) is 4.68 Å². The third-order valence-electron chi connectivity index (χ3n) is 2.97. The van der Waals surface area contributed by atoms with Crippen LogP contribution in [0.2, 0.25) is 0 Å². The molecule has 0 saturated carbocycles. The molecule has 1 fully saturated rings. The zero-order valence-electron chi connectivity index (χ0n) is 10.8. The normalized spacial score (nSPS) is 21.7. The van der Waals surface area contributed by atoms with Crippen molar-refractivity contribution in [2.75, 3.05) is 25.6 Å². The van der Waals surface area contributed by atoms with Gasteiger partial charge in [0.05, 0.1) is 18.9 Å². The Hall–Kier alpha value is -0.630. The van der Waals surface area contributed by atoms with E-state index in [0.29, 0.717) is 32.1 Å². The van der Waals surface area contributed by atoms with Crippen molar-refractivity contribution in [3.05, 3.63) is 12.4 Å². The summed E-state index contributed by atoms with van der Waals surface area (Å²) in [5, 5.41) is 4.05. The van der Waals surface area contributed by atoms with Crippen LogP contribution in [0.15, 0.2) is 17.3 Å². The average Bonchev–Trinajstić information content (AvgIpc) is 2.86. The van der Waals surface area contributed by atoms with Gasteiger partial charge >= 0.3 is 0 Å². The predicted molar refractivity (Wildman–Crippen MR) is 71.7 cm³/mol. The number of ether oxygens (including phenoxy) is 1. The van der Waals surface area contributed by atoms with E-state index >= 15 is 0 Å². The fourth-order valence-corrected chi connectivity index (χ4v) is 3.55. The highest BCUT2D eigenvalue weighted by Crippen LogP contribution is 2.18. The van der Waals surface area contributed by atoms with E-state index in [4.69, 9.17) is 16.3 Å². The molecule has 8 heteroatoms. The molecule has 0 spiro atoms. The van der Waals surface area contributed by atoms with Gasteiger partial charge in [0, 0.05) is 31.7 Å². The minimum atomic E-state index is -3.46. The van der Waals surface area contributed by atoms with Crippen molar-refractivity contribution in [2.24, 2.45) is 0 Å². The topological polar surface area (TPSA) is 64.4 Å². The Morgan fingerprint density at radius 3 is 3.05 bits per heavy atom. The summed E-state index contributed by atoms with van der Waals surface area (Å²) in [6, 6.07) is 0. The maximum absolute atomic E-state index is 12.4. The summed E-state index contributed by atoms with van der Waals surface area (Å²) in [6.45, 7) is 3.69. The van der Waals surface area contributed by atoms with Crippen molar-refractivity contribution >= 4 is 21.6 Å². The molecule has 1 unspecified atom stereocenters. The maximum Gasteiger partial charge on any atom is 0.246 e. The van der Waals surface area contributed by atoms with E-state index < -0.39 is 10.0 Å². The standard InChI is InChI=1S/C11H18ClN3O3S/c1-10-8-15(5-6-18-10)19(16,17)11-7-13-14(9-11)4-2-3-12/h7,9-10H,2-6,8H2,1H3. The summed E-state index contributed by atoms with van der Waals surface area (Å²) >= 11 is 5.60. The van der Waals surface area contributed by atoms with Crippen molar-refractivity contribution in [3.8, 4) is 0 Å². The fraction of sp³-hybridized carbons (Fsp3) is 0.727. The molecule has 1 aliphatic heterocycles. The second-order valence-electron chi connectivity index (χ2n) is 4.53. The summed E-state index contributed by atoms with van der Waals surface area (Å²) in [5.74, 6) is 0.531. The Bertz CT molecular complexity index is 517. The van der Waals surface area contributed by atoms with Gasteiger partial charge in [0.15, 0.2) is 0 Å². The number of aromatic nitrogens is 2. The first-order valence-electron chi connectivity index (χ1n) is 6.24. The van der Waals surface area contributed by atoms with Crippen LogP contribution >= 0.6 is 11.6 Å². The molecule has 1 aromatic rings. The van der Waals surface area contributed by atoms with Gasteiger partial charge in [-0.2, -0.15) is 9.40 Å². The highest BCUT2D eigenvalue weighted by atomic mass is 35.5. The van der Waals surface area contributed by atoms with Gasteiger partial charge in [-0.05, 0) is 13.3 Å². The van der Waals surface area contributed by atoms with E-state index in [-0.39, 0.29) is 11.0 Å². The van der Waals surface area contributed by atoms with E-state index in [0.717, 1.165) is 6.42 Å². The molecule has 1 atom stereocenters. The number of morpholine rings is 1. The molecule has 0 bridgehead atoms. The Kier molecular flexibility index (Phi) is 4.83. The van der Waals surface area contributed by atoms with E-state index in [1.807, 2.05) is 6.92 Å². The number of rotatable bonds is 5. The zero-order chi connectivity index (χ0) is 13.9. The molecule has 1 aliphatic rings. The van der Waals surface area contributed by atoms with Crippen LogP contribution in [-0.4, -0.2) is 54.2 Å².